The van der Waals surface area contributed by atoms with Crippen LogP contribution in [0, 0.1) is 17.8 Å². The molecule has 0 amide bonds. The molecule has 3 rings (SSSR count). The summed E-state index contributed by atoms with van der Waals surface area (Å²) in [5.41, 5.74) is 1.01. The predicted octanol–water partition coefficient (Wildman–Crippen LogP) is 13.0. The van der Waals surface area contributed by atoms with Crippen LogP contribution in [-0.4, -0.2) is 27.7 Å². The summed E-state index contributed by atoms with van der Waals surface area (Å²) in [6, 6.07) is 16.4. The number of alkyl halides is 6. The molecule has 1 aliphatic rings. The van der Waals surface area contributed by atoms with Crippen LogP contribution >= 0.6 is 0 Å². The van der Waals surface area contributed by atoms with Gasteiger partial charge < -0.3 is 15.3 Å². The maximum atomic E-state index is 14.7. The van der Waals surface area contributed by atoms with Crippen LogP contribution in [0.15, 0.2) is 186 Å². The fourth-order valence-corrected chi connectivity index (χ4v) is 6.01. The van der Waals surface area contributed by atoms with Gasteiger partial charge in [-0.05, 0) is 84.1 Å². The van der Waals surface area contributed by atoms with Crippen LogP contribution in [0.5, 0.6) is 0 Å². The second-order valence-corrected chi connectivity index (χ2v) is 12.1. The van der Waals surface area contributed by atoms with Crippen molar-refractivity contribution in [1.29, 1.82) is 0 Å². The normalized spacial score (nSPS) is 18.1. The van der Waals surface area contributed by atoms with Gasteiger partial charge in [-0.3, -0.25) is 0 Å². The van der Waals surface area contributed by atoms with Crippen molar-refractivity contribution in [2.75, 3.05) is 0 Å². The van der Waals surface area contributed by atoms with Crippen molar-refractivity contribution in [3.63, 3.8) is 0 Å². The Morgan fingerprint density at radius 2 is 1.33 bits per heavy atom. The van der Waals surface area contributed by atoms with E-state index in [0.29, 0.717) is 5.56 Å². The van der Waals surface area contributed by atoms with Crippen molar-refractivity contribution < 1.29 is 41.7 Å². The molecule has 0 aliphatic heterocycles. The summed E-state index contributed by atoms with van der Waals surface area (Å²) in [7, 11) is 0. The maximum absolute atomic E-state index is 14.7. The molecule has 4 atom stereocenters. The topological polar surface area (TPSA) is 60.7 Å². The molecule has 1 aliphatic carbocycles. The fraction of sp³-hybridized carbons (Fsp3) is 0.209. The molecule has 0 aromatic heterocycles. The van der Waals surface area contributed by atoms with Crippen LogP contribution in [0.1, 0.15) is 32.3 Å². The van der Waals surface area contributed by atoms with E-state index >= 15 is 0 Å². The van der Waals surface area contributed by atoms with E-state index in [1.54, 1.807) is 24.3 Å². The standard InChI is InChI=1S/C43H42F6O3/c1-7-30(17-16-29(6)50)41(43(47,48)49)28(5)25-37(38(52)9-3)39(33-20-18-32(19-21-33)31-13-11-10-12-14-31)34-22-23-35(26-34)40(42(44,45)46)27(4)15-24-36(51)8-2/h7-26,34,39-41,50-52H,4-6H2,1-3H3/b17-16-,24-15-,30-7+,36-8+,37-25+,38-9+. The van der Waals surface area contributed by atoms with Crippen LogP contribution in [-0.2, 0) is 0 Å². The third-order valence-electron chi connectivity index (χ3n) is 8.53. The highest BCUT2D eigenvalue weighted by Gasteiger charge is 2.45. The first-order valence-corrected chi connectivity index (χ1v) is 16.3. The van der Waals surface area contributed by atoms with Crippen molar-refractivity contribution in [3.8, 4) is 11.1 Å². The third kappa shape index (κ3) is 10.5. The highest BCUT2D eigenvalue weighted by Crippen LogP contribution is 2.47. The Bertz CT molecular complexity index is 1860. The van der Waals surface area contributed by atoms with Gasteiger partial charge in [-0.15, -0.1) is 0 Å². The molecule has 0 saturated carbocycles. The van der Waals surface area contributed by atoms with Gasteiger partial charge in [-0.1, -0.05) is 117 Å². The molecule has 0 bridgehead atoms. The zero-order valence-corrected chi connectivity index (χ0v) is 29.1. The predicted molar refractivity (Wildman–Crippen MR) is 197 cm³/mol. The lowest BCUT2D eigenvalue weighted by Gasteiger charge is -2.28. The quantitative estimate of drug-likeness (QED) is 0.103. The first-order chi connectivity index (χ1) is 24.4. The summed E-state index contributed by atoms with van der Waals surface area (Å²) >= 11 is 0. The molecule has 0 fully saturated rings. The molecule has 0 heterocycles. The van der Waals surface area contributed by atoms with E-state index in [0.717, 1.165) is 41.5 Å². The van der Waals surface area contributed by atoms with E-state index in [2.05, 4.69) is 19.7 Å². The van der Waals surface area contributed by atoms with Gasteiger partial charge in [0.25, 0.3) is 0 Å². The minimum atomic E-state index is -4.85. The van der Waals surface area contributed by atoms with Crippen LogP contribution < -0.4 is 0 Å². The van der Waals surface area contributed by atoms with Gasteiger partial charge >= 0.3 is 12.4 Å². The molecular formula is C43H42F6O3. The monoisotopic (exact) mass is 720 g/mol. The summed E-state index contributed by atoms with van der Waals surface area (Å²) in [6.45, 7) is 15.0. The van der Waals surface area contributed by atoms with E-state index in [4.69, 9.17) is 0 Å². The highest BCUT2D eigenvalue weighted by molar-refractivity contribution is 5.64. The first kappa shape index (κ1) is 41.0. The molecule has 3 nitrogen and oxygen atoms in total. The molecule has 274 valence electrons. The fourth-order valence-electron chi connectivity index (χ4n) is 6.01. The van der Waals surface area contributed by atoms with Crippen LogP contribution in [0.25, 0.3) is 11.1 Å². The van der Waals surface area contributed by atoms with Crippen molar-refractivity contribution >= 4 is 0 Å². The van der Waals surface area contributed by atoms with Gasteiger partial charge in [0.2, 0.25) is 0 Å². The molecule has 0 saturated heterocycles. The minimum absolute atomic E-state index is 0.00681. The molecule has 9 heteroatoms. The third-order valence-corrected chi connectivity index (χ3v) is 8.53. The largest absolute Gasteiger partial charge is 0.509 e. The van der Waals surface area contributed by atoms with Gasteiger partial charge in [-0.25, -0.2) is 0 Å². The first-order valence-electron chi connectivity index (χ1n) is 16.3. The Labute approximate surface area is 301 Å². The lowest BCUT2D eigenvalue weighted by molar-refractivity contribution is -0.153. The number of halogens is 6. The highest BCUT2D eigenvalue weighted by atomic mass is 19.4. The van der Waals surface area contributed by atoms with E-state index < -0.39 is 53.1 Å². The van der Waals surface area contributed by atoms with E-state index in [9.17, 15) is 41.7 Å². The average Bonchev–Trinajstić information content (AvgIpc) is 3.56. The zero-order chi connectivity index (χ0) is 38.8. The van der Waals surface area contributed by atoms with Crippen molar-refractivity contribution in [1.82, 2.24) is 0 Å². The van der Waals surface area contributed by atoms with Gasteiger partial charge in [0.15, 0.2) is 0 Å². The summed E-state index contributed by atoms with van der Waals surface area (Å²) in [4.78, 5) is 0. The molecule has 2 aromatic carbocycles. The Balaban J connectivity index is 2.28. The number of allylic oxidation sites excluding steroid dienone is 16. The van der Waals surface area contributed by atoms with Crippen LogP contribution in [0.4, 0.5) is 26.3 Å². The second kappa shape index (κ2) is 17.7. The molecule has 3 N–H and O–H groups in total. The zero-order valence-electron chi connectivity index (χ0n) is 29.1. The molecule has 2 aromatic rings. The van der Waals surface area contributed by atoms with Gasteiger partial charge in [0, 0.05) is 17.4 Å². The van der Waals surface area contributed by atoms with E-state index in [1.807, 2.05) is 30.3 Å². The van der Waals surface area contributed by atoms with Crippen LogP contribution in [0.3, 0.4) is 0 Å². The number of aliphatic hydroxyl groups excluding tert-OH is 3. The van der Waals surface area contributed by atoms with E-state index in [1.165, 1.54) is 57.2 Å². The Morgan fingerprint density at radius 3 is 1.85 bits per heavy atom. The summed E-state index contributed by atoms with van der Waals surface area (Å²) in [5, 5.41) is 30.6. The Kier molecular flexibility index (Phi) is 13.9. The second-order valence-electron chi connectivity index (χ2n) is 12.1. The lowest BCUT2D eigenvalue weighted by Crippen LogP contribution is -2.26. The number of hydrogen-bond donors (Lipinski definition) is 3. The number of aliphatic hydroxyl groups is 3. The van der Waals surface area contributed by atoms with Crippen molar-refractivity contribution in [3.05, 3.63) is 192 Å². The number of rotatable bonds is 14. The summed E-state index contributed by atoms with van der Waals surface area (Å²) in [6.07, 6.45) is 3.75. The Morgan fingerprint density at radius 1 is 0.712 bits per heavy atom. The van der Waals surface area contributed by atoms with E-state index in [-0.39, 0.29) is 28.1 Å². The molecule has 52 heavy (non-hydrogen) atoms. The van der Waals surface area contributed by atoms with Gasteiger partial charge in [0.05, 0.1) is 0 Å². The maximum Gasteiger partial charge on any atom is 0.399 e. The summed E-state index contributed by atoms with van der Waals surface area (Å²) in [5.74, 6) is -7.37. The van der Waals surface area contributed by atoms with Crippen molar-refractivity contribution in [2.24, 2.45) is 17.8 Å². The lowest BCUT2D eigenvalue weighted by atomic mass is 9.77. The van der Waals surface area contributed by atoms with Gasteiger partial charge in [-0.2, -0.15) is 26.3 Å². The van der Waals surface area contributed by atoms with Gasteiger partial charge in [0.1, 0.15) is 29.1 Å². The molecule has 0 spiro atoms. The molecule has 4 unspecified atom stereocenters. The number of benzene rings is 2. The molecule has 0 radical (unpaired) electrons. The number of hydrogen-bond acceptors (Lipinski definition) is 3. The minimum Gasteiger partial charge on any atom is -0.509 e. The van der Waals surface area contributed by atoms with Crippen molar-refractivity contribution in [2.45, 2.75) is 39.0 Å². The SMILES string of the molecule is C=C(O)/C=C\C(=C/C)C(C(=C)/C=C(\C(O)=C/C)C(c1ccc(-c2ccccc2)cc1)C1C=CC(C(C(=C)/C=C\C(O)=C/C)C(F)(F)F)=C1)C(F)(F)F. The molecular weight excluding hydrogens is 678 g/mol. The van der Waals surface area contributed by atoms with Crippen LogP contribution in [0.2, 0.25) is 0 Å². The Hall–Kier alpha value is -5.44. The average molecular weight is 721 g/mol. The smallest absolute Gasteiger partial charge is 0.399 e. The summed E-state index contributed by atoms with van der Waals surface area (Å²) < 4.78 is 87.7.